The van der Waals surface area contributed by atoms with Gasteiger partial charge in [-0.05, 0) is 27.2 Å². The Morgan fingerprint density at radius 3 is 2.58 bits per heavy atom. The number of aliphatic carboxylic acids is 1. The molecule has 0 aliphatic rings. The Morgan fingerprint density at radius 2 is 2.05 bits per heavy atom. The first-order valence-electron chi connectivity index (χ1n) is 6.10. The quantitative estimate of drug-likeness (QED) is 0.767. The van der Waals surface area contributed by atoms with Gasteiger partial charge in [-0.15, -0.1) is 0 Å². The highest BCUT2D eigenvalue weighted by Crippen LogP contribution is 2.12. The van der Waals surface area contributed by atoms with Gasteiger partial charge in [-0.1, -0.05) is 5.16 Å². The molecule has 0 aliphatic carbocycles. The van der Waals surface area contributed by atoms with Crippen molar-refractivity contribution in [3.05, 3.63) is 11.7 Å². The molecule has 1 aromatic rings. The van der Waals surface area contributed by atoms with Crippen molar-refractivity contribution in [1.29, 1.82) is 0 Å². The van der Waals surface area contributed by atoms with Gasteiger partial charge in [0.05, 0.1) is 0 Å². The summed E-state index contributed by atoms with van der Waals surface area (Å²) in [7, 11) is 0. The second kappa shape index (κ2) is 6.31. The lowest BCUT2D eigenvalue weighted by atomic mass is 9.98. The van der Waals surface area contributed by atoms with E-state index in [1.807, 2.05) is 0 Å². The Balaban J connectivity index is 2.35. The first-order chi connectivity index (χ1) is 8.78. The molecule has 1 heterocycles. The molecule has 0 aliphatic heterocycles. The van der Waals surface area contributed by atoms with Crippen molar-refractivity contribution in [1.82, 2.24) is 15.5 Å². The van der Waals surface area contributed by atoms with E-state index in [1.54, 1.807) is 20.8 Å². The first-order valence-corrected chi connectivity index (χ1v) is 6.10. The minimum atomic E-state index is -0.872. The lowest BCUT2D eigenvalue weighted by Crippen LogP contribution is -2.43. The molecule has 19 heavy (non-hydrogen) atoms. The van der Waals surface area contributed by atoms with Crippen LogP contribution in [0.3, 0.4) is 0 Å². The van der Waals surface area contributed by atoms with Crippen LogP contribution in [0.2, 0.25) is 0 Å². The number of aryl methyl sites for hydroxylation is 2. The summed E-state index contributed by atoms with van der Waals surface area (Å²) in [6.07, 6.45) is 1.02. The molecule has 0 spiro atoms. The number of nitrogens with one attached hydrogen (secondary N) is 1. The van der Waals surface area contributed by atoms with Crippen molar-refractivity contribution in [2.75, 3.05) is 0 Å². The number of carboxylic acids is 1. The molecule has 1 aromatic heterocycles. The van der Waals surface area contributed by atoms with E-state index in [-0.39, 0.29) is 18.7 Å². The molecule has 1 rings (SSSR count). The average molecular weight is 269 g/mol. The lowest BCUT2D eigenvalue weighted by molar-refractivity contribution is -0.137. The molecule has 106 valence electrons. The van der Waals surface area contributed by atoms with E-state index in [9.17, 15) is 9.59 Å². The second-order valence-electron chi connectivity index (χ2n) is 5.06. The second-order valence-corrected chi connectivity index (χ2v) is 5.06. The van der Waals surface area contributed by atoms with Gasteiger partial charge in [-0.25, -0.2) is 0 Å². The van der Waals surface area contributed by atoms with Crippen molar-refractivity contribution >= 4 is 11.9 Å². The molecule has 1 amide bonds. The minimum Gasteiger partial charge on any atom is -0.481 e. The van der Waals surface area contributed by atoms with Gasteiger partial charge < -0.3 is 14.9 Å². The molecule has 0 saturated carbocycles. The number of carbonyl (C=O) groups excluding carboxylic acids is 1. The smallest absolute Gasteiger partial charge is 0.303 e. The van der Waals surface area contributed by atoms with Crippen LogP contribution in [0.4, 0.5) is 0 Å². The van der Waals surface area contributed by atoms with Gasteiger partial charge in [0.2, 0.25) is 11.8 Å². The first kappa shape index (κ1) is 15.1. The fourth-order valence-electron chi connectivity index (χ4n) is 1.58. The fourth-order valence-corrected chi connectivity index (χ4v) is 1.58. The largest absolute Gasteiger partial charge is 0.481 e. The third kappa shape index (κ3) is 5.98. The standard InChI is InChI=1S/C12H19N3O4/c1-8-13-10(19-15-8)5-4-9(16)14-12(2,3)7-6-11(17)18/h4-7H2,1-3H3,(H,14,16)(H,17,18). The van der Waals surface area contributed by atoms with Gasteiger partial charge >= 0.3 is 5.97 Å². The van der Waals surface area contributed by atoms with Crippen LogP contribution in [0.25, 0.3) is 0 Å². The minimum absolute atomic E-state index is 0.0239. The van der Waals surface area contributed by atoms with Gasteiger partial charge in [-0.3, -0.25) is 9.59 Å². The summed E-state index contributed by atoms with van der Waals surface area (Å²) in [6, 6.07) is 0. The Morgan fingerprint density at radius 1 is 1.37 bits per heavy atom. The van der Waals surface area contributed by atoms with Gasteiger partial charge in [0.25, 0.3) is 0 Å². The summed E-state index contributed by atoms with van der Waals surface area (Å²) in [6.45, 7) is 5.30. The fraction of sp³-hybridized carbons (Fsp3) is 0.667. The Hall–Kier alpha value is -1.92. The van der Waals surface area contributed by atoms with Crippen LogP contribution in [-0.4, -0.2) is 32.7 Å². The number of aromatic nitrogens is 2. The third-order valence-corrected chi connectivity index (χ3v) is 2.58. The zero-order valence-electron chi connectivity index (χ0n) is 11.4. The molecule has 0 aromatic carbocycles. The summed E-state index contributed by atoms with van der Waals surface area (Å²) in [4.78, 5) is 26.2. The van der Waals surface area contributed by atoms with Crippen molar-refractivity contribution in [2.24, 2.45) is 0 Å². The van der Waals surface area contributed by atoms with Gasteiger partial charge in [0, 0.05) is 24.8 Å². The van der Waals surface area contributed by atoms with E-state index in [1.165, 1.54) is 0 Å². The number of amides is 1. The van der Waals surface area contributed by atoms with Crippen LogP contribution in [0.1, 0.15) is 44.8 Å². The normalized spacial score (nSPS) is 11.3. The molecule has 0 unspecified atom stereocenters. The molecular weight excluding hydrogens is 250 g/mol. The summed E-state index contributed by atoms with van der Waals surface area (Å²) in [5.74, 6) is -0.0666. The zero-order valence-corrected chi connectivity index (χ0v) is 11.4. The molecule has 0 atom stereocenters. The number of rotatable bonds is 7. The lowest BCUT2D eigenvalue weighted by Gasteiger charge is -2.25. The summed E-state index contributed by atoms with van der Waals surface area (Å²) in [5, 5.41) is 15.1. The van der Waals surface area contributed by atoms with E-state index >= 15 is 0 Å². The van der Waals surface area contributed by atoms with E-state index in [0.29, 0.717) is 24.6 Å². The van der Waals surface area contributed by atoms with Gasteiger partial charge in [-0.2, -0.15) is 4.98 Å². The highest BCUT2D eigenvalue weighted by atomic mass is 16.5. The average Bonchev–Trinajstić information content (AvgIpc) is 2.69. The predicted molar refractivity (Wildman–Crippen MR) is 66.4 cm³/mol. The maximum atomic E-state index is 11.7. The number of carbonyl (C=O) groups is 2. The van der Waals surface area contributed by atoms with E-state index in [0.717, 1.165) is 0 Å². The third-order valence-electron chi connectivity index (χ3n) is 2.58. The van der Waals surface area contributed by atoms with Crippen molar-refractivity contribution in [3.63, 3.8) is 0 Å². The molecular formula is C12H19N3O4. The van der Waals surface area contributed by atoms with Crippen LogP contribution < -0.4 is 5.32 Å². The van der Waals surface area contributed by atoms with Crippen molar-refractivity contribution in [2.45, 2.75) is 52.0 Å². The highest BCUT2D eigenvalue weighted by molar-refractivity contribution is 5.77. The number of hydrogen-bond acceptors (Lipinski definition) is 5. The van der Waals surface area contributed by atoms with Crippen LogP contribution in [0.5, 0.6) is 0 Å². The topological polar surface area (TPSA) is 105 Å². The van der Waals surface area contributed by atoms with Crippen LogP contribution >= 0.6 is 0 Å². The van der Waals surface area contributed by atoms with Crippen molar-refractivity contribution in [3.8, 4) is 0 Å². The maximum Gasteiger partial charge on any atom is 0.303 e. The van der Waals surface area contributed by atoms with Crippen LogP contribution in [0.15, 0.2) is 4.52 Å². The summed E-state index contributed by atoms with van der Waals surface area (Å²) in [5.41, 5.74) is -0.541. The van der Waals surface area contributed by atoms with Crippen LogP contribution in [0, 0.1) is 6.92 Å². The number of hydrogen-bond donors (Lipinski definition) is 2. The molecule has 2 N–H and O–H groups in total. The van der Waals surface area contributed by atoms with E-state index in [4.69, 9.17) is 9.63 Å². The van der Waals surface area contributed by atoms with E-state index < -0.39 is 11.5 Å². The summed E-state index contributed by atoms with van der Waals surface area (Å²) >= 11 is 0. The zero-order chi connectivity index (χ0) is 14.5. The van der Waals surface area contributed by atoms with Gasteiger partial charge in [0.15, 0.2) is 5.82 Å². The molecule has 7 nitrogen and oxygen atoms in total. The summed E-state index contributed by atoms with van der Waals surface area (Å²) < 4.78 is 4.90. The highest BCUT2D eigenvalue weighted by Gasteiger charge is 2.21. The Kier molecular flexibility index (Phi) is 5.02. The van der Waals surface area contributed by atoms with Crippen molar-refractivity contribution < 1.29 is 19.2 Å². The predicted octanol–water partition coefficient (Wildman–Crippen LogP) is 1.07. The Labute approximate surface area is 111 Å². The Bertz CT molecular complexity index is 454. The SMILES string of the molecule is Cc1noc(CCC(=O)NC(C)(C)CCC(=O)O)n1. The van der Waals surface area contributed by atoms with E-state index in [2.05, 4.69) is 15.5 Å². The van der Waals surface area contributed by atoms with Gasteiger partial charge in [0.1, 0.15) is 0 Å². The molecule has 7 heteroatoms. The molecule has 0 saturated heterocycles. The number of carboxylic acid groups (broad SMARTS) is 1. The molecule has 0 bridgehead atoms. The molecule has 0 radical (unpaired) electrons. The monoisotopic (exact) mass is 269 g/mol. The van der Waals surface area contributed by atoms with Crippen LogP contribution in [-0.2, 0) is 16.0 Å². The maximum absolute atomic E-state index is 11.7. The molecule has 0 fully saturated rings. The number of nitrogens with zero attached hydrogens (tertiary/aromatic N) is 2.